The number of hydrogen-bond acceptors (Lipinski definition) is 4. The predicted octanol–water partition coefficient (Wildman–Crippen LogP) is 2.93. The number of anilines is 2. The van der Waals surface area contributed by atoms with E-state index in [0.717, 1.165) is 40.7 Å². The van der Waals surface area contributed by atoms with Crippen molar-refractivity contribution in [3.8, 4) is 11.3 Å². The van der Waals surface area contributed by atoms with E-state index in [1.54, 1.807) is 16.2 Å². The summed E-state index contributed by atoms with van der Waals surface area (Å²) in [4.78, 5) is 20.6. The van der Waals surface area contributed by atoms with Gasteiger partial charge in [-0.3, -0.25) is 4.79 Å². The van der Waals surface area contributed by atoms with Crippen LogP contribution in [0.5, 0.6) is 0 Å². The first kappa shape index (κ1) is 12.8. The molecule has 0 bridgehead atoms. The number of likely N-dealkylation sites (N-methyl/N-ethyl adjacent to an activating group) is 1. The molecule has 0 spiro atoms. The smallest absolute Gasteiger partial charge is 0.231 e. The summed E-state index contributed by atoms with van der Waals surface area (Å²) >= 11 is 1.71. The van der Waals surface area contributed by atoms with E-state index in [0.29, 0.717) is 6.42 Å². The molecule has 0 atom stereocenters. The van der Waals surface area contributed by atoms with E-state index in [-0.39, 0.29) is 5.91 Å². The summed E-state index contributed by atoms with van der Waals surface area (Å²) in [7, 11) is 1.84. The van der Waals surface area contributed by atoms with Crippen molar-refractivity contribution in [1.29, 1.82) is 0 Å². The summed E-state index contributed by atoms with van der Waals surface area (Å²) in [6, 6.07) is 6.21. The van der Waals surface area contributed by atoms with Crippen molar-refractivity contribution in [3.05, 3.63) is 29.1 Å². The largest absolute Gasteiger partial charge is 0.348 e. The Bertz CT molecular complexity index is 703. The van der Waals surface area contributed by atoms with Crippen LogP contribution in [-0.2, 0) is 11.2 Å². The lowest BCUT2D eigenvalue weighted by Gasteiger charge is -2.12. The minimum atomic E-state index is 0.165. The zero-order chi connectivity index (χ0) is 14.4. The quantitative estimate of drug-likeness (QED) is 0.855. The highest BCUT2D eigenvalue weighted by Crippen LogP contribution is 2.34. The Hall–Kier alpha value is -1.88. The summed E-state index contributed by atoms with van der Waals surface area (Å²) in [5.41, 5.74) is 4.26. The van der Waals surface area contributed by atoms with Crippen molar-refractivity contribution < 1.29 is 4.79 Å². The fourth-order valence-corrected chi connectivity index (χ4v) is 3.97. The van der Waals surface area contributed by atoms with E-state index in [1.807, 2.05) is 13.1 Å². The minimum absolute atomic E-state index is 0.165. The van der Waals surface area contributed by atoms with Crippen LogP contribution >= 0.6 is 11.3 Å². The zero-order valence-corrected chi connectivity index (χ0v) is 12.8. The molecule has 1 aromatic carbocycles. The maximum Gasteiger partial charge on any atom is 0.231 e. The monoisotopic (exact) mass is 299 g/mol. The fourth-order valence-electron chi connectivity index (χ4n) is 3.08. The third-order valence-corrected chi connectivity index (χ3v) is 5.22. The lowest BCUT2D eigenvalue weighted by molar-refractivity contribution is -0.117. The van der Waals surface area contributed by atoms with Crippen molar-refractivity contribution in [2.24, 2.45) is 0 Å². The van der Waals surface area contributed by atoms with E-state index < -0.39 is 0 Å². The van der Waals surface area contributed by atoms with Gasteiger partial charge in [0, 0.05) is 36.8 Å². The molecule has 2 aliphatic heterocycles. The third-order valence-electron chi connectivity index (χ3n) is 4.32. The zero-order valence-electron chi connectivity index (χ0n) is 12.0. The SMILES string of the molecule is CN1C(=O)Cc2cc(-c3csc(N4CCCC4)n3)ccc21. The number of rotatable bonds is 2. The van der Waals surface area contributed by atoms with Crippen LogP contribution in [0.1, 0.15) is 18.4 Å². The number of carbonyl (C=O) groups excluding carboxylic acids is 1. The molecular weight excluding hydrogens is 282 g/mol. The van der Waals surface area contributed by atoms with Gasteiger partial charge in [-0.2, -0.15) is 0 Å². The molecule has 0 N–H and O–H groups in total. The van der Waals surface area contributed by atoms with Gasteiger partial charge in [0.2, 0.25) is 5.91 Å². The van der Waals surface area contributed by atoms with Crippen molar-refractivity contribution in [2.45, 2.75) is 19.3 Å². The normalized spacial score (nSPS) is 17.7. The average molecular weight is 299 g/mol. The Morgan fingerprint density at radius 2 is 2.05 bits per heavy atom. The highest BCUT2D eigenvalue weighted by molar-refractivity contribution is 7.14. The highest BCUT2D eigenvalue weighted by atomic mass is 32.1. The summed E-state index contributed by atoms with van der Waals surface area (Å²) < 4.78 is 0. The Balaban J connectivity index is 1.65. The van der Waals surface area contributed by atoms with Gasteiger partial charge in [0.05, 0.1) is 12.1 Å². The highest BCUT2D eigenvalue weighted by Gasteiger charge is 2.24. The predicted molar refractivity (Wildman–Crippen MR) is 86.1 cm³/mol. The molecule has 0 unspecified atom stereocenters. The second-order valence-corrected chi connectivity index (χ2v) is 6.52. The molecule has 0 aliphatic carbocycles. The van der Waals surface area contributed by atoms with Crippen LogP contribution in [0.25, 0.3) is 11.3 Å². The average Bonchev–Trinajstić information content (AvgIpc) is 3.20. The van der Waals surface area contributed by atoms with Gasteiger partial charge in [0.25, 0.3) is 0 Å². The number of benzene rings is 1. The molecule has 3 heterocycles. The number of amides is 1. The van der Waals surface area contributed by atoms with E-state index in [4.69, 9.17) is 4.98 Å². The van der Waals surface area contributed by atoms with Crippen LogP contribution in [0.15, 0.2) is 23.6 Å². The van der Waals surface area contributed by atoms with Gasteiger partial charge in [-0.05, 0) is 30.5 Å². The van der Waals surface area contributed by atoms with Crippen molar-refractivity contribution in [2.75, 3.05) is 29.9 Å². The van der Waals surface area contributed by atoms with Gasteiger partial charge in [0.15, 0.2) is 5.13 Å². The lowest BCUT2D eigenvalue weighted by Crippen LogP contribution is -2.20. The maximum absolute atomic E-state index is 11.8. The van der Waals surface area contributed by atoms with E-state index >= 15 is 0 Å². The summed E-state index contributed by atoms with van der Waals surface area (Å²) in [6.07, 6.45) is 3.03. The van der Waals surface area contributed by atoms with Crippen LogP contribution in [0.4, 0.5) is 10.8 Å². The molecule has 1 fully saturated rings. The van der Waals surface area contributed by atoms with E-state index in [1.165, 1.54) is 12.8 Å². The van der Waals surface area contributed by atoms with Gasteiger partial charge in [-0.25, -0.2) is 4.98 Å². The molecular formula is C16H17N3OS. The van der Waals surface area contributed by atoms with E-state index in [2.05, 4.69) is 22.4 Å². The number of carbonyl (C=O) groups is 1. The molecule has 1 aromatic heterocycles. The number of thiazole rings is 1. The van der Waals surface area contributed by atoms with Crippen LogP contribution in [0, 0.1) is 0 Å². The first-order chi connectivity index (χ1) is 10.2. The van der Waals surface area contributed by atoms with Gasteiger partial charge < -0.3 is 9.80 Å². The summed E-state index contributed by atoms with van der Waals surface area (Å²) in [5, 5.41) is 3.24. The fraction of sp³-hybridized carbons (Fsp3) is 0.375. The molecule has 0 saturated carbocycles. The molecule has 108 valence electrons. The second kappa shape index (κ2) is 4.84. The Morgan fingerprint density at radius 3 is 2.86 bits per heavy atom. The lowest BCUT2D eigenvalue weighted by atomic mass is 10.1. The number of aromatic nitrogens is 1. The van der Waals surface area contributed by atoms with Crippen LogP contribution < -0.4 is 9.80 Å². The van der Waals surface area contributed by atoms with E-state index in [9.17, 15) is 4.79 Å². The molecule has 5 heteroatoms. The van der Waals surface area contributed by atoms with Crippen LogP contribution in [-0.4, -0.2) is 31.0 Å². The Morgan fingerprint density at radius 1 is 1.24 bits per heavy atom. The molecule has 1 saturated heterocycles. The van der Waals surface area contributed by atoms with Crippen LogP contribution in [0.2, 0.25) is 0 Å². The number of nitrogens with zero attached hydrogens (tertiary/aromatic N) is 3. The number of fused-ring (bicyclic) bond motifs is 1. The Kier molecular flexibility index (Phi) is 2.96. The van der Waals surface area contributed by atoms with Crippen molar-refractivity contribution in [1.82, 2.24) is 4.98 Å². The topological polar surface area (TPSA) is 36.4 Å². The van der Waals surface area contributed by atoms with Gasteiger partial charge >= 0.3 is 0 Å². The standard InChI is InChI=1S/C16H17N3OS/c1-18-14-5-4-11(8-12(14)9-15(18)20)13-10-21-16(17-13)19-6-2-3-7-19/h4-5,8,10H,2-3,6-7,9H2,1H3. The van der Waals surface area contributed by atoms with Crippen molar-refractivity contribution >= 4 is 28.1 Å². The first-order valence-electron chi connectivity index (χ1n) is 7.33. The molecule has 2 aromatic rings. The third kappa shape index (κ3) is 2.12. The van der Waals surface area contributed by atoms with Gasteiger partial charge in [-0.1, -0.05) is 6.07 Å². The molecule has 21 heavy (non-hydrogen) atoms. The first-order valence-corrected chi connectivity index (χ1v) is 8.21. The van der Waals surface area contributed by atoms with Crippen LogP contribution in [0.3, 0.4) is 0 Å². The van der Waals surface area contributed by atoms with Gasteiger partial charge in [0.1, 0.15) is 0 Å². The summed E-state index contributed by atoms with van der Waals surface area (Å²) in [6.45, 7) is 2.24. The van der Waals surface area contributed by atoms with Gasteiger partial charge in [-0.15, -0.1) is 11.3 Å². The Labute approximate surface area is 128 Å². The summed E-state index contributed by atoms with van der Waals surface area (Å²) in [5.74, 6) is 0.165. The minimum Gasteiger partial charge on any atom is -0.348 e. The molecule has 4 nitrogen and oxygen atoms in total. The molecule has 2 aliphatic rings. The van der Waals surface area contributed by atoms with Crippen molar-refractivity contribution in [3.63, 3.8) is 0 Å². The molecule has 4 rings (SSSR count). The maximum atomic E-state index is 11.8. The second-order valence-electron chi connectivity index (χ2n) is 5.68. The number of hydrogen-bond donors (Lipinski definition) is 0. The molecule has 0 radical (unpaired) electrons. The molecule has 1 amide bonds.